The fourth-order valence-electron chi connectivity index (χ4n) is 6.02. The van der Waals surface area contributed by atoms with E-state index in [1.54, 1.807) is 17.4 Å². The molecular formula is C40H40F3N6O6RuS2. The molecule has 1 radical (unpaired) electrons. The molecule has 5 aliphatic heterocycles. The number of carboxylic acid groups (broad SMARTS) is 3. The van der Waals surface area contributed by atoms with Gasteiger partial charge in [-0.25, -0.2) is 9.59 Å². The van der Waals surface area contributed by atoms with Crippen LogP contribution in [0.1, 0.15) is 55.9 Å². The van der Waals surface area contributed by atoms with E-state index in [1.807, 2.05) is 12.2 Å². The molecular weight excluding hydrogens is 883 g/mol. The molecule has 0 aromatic carbocycles. The summed E-state index contributed by atoms with van der Waals surface area (Å²) in [6, 6.07) is -0.766. The number of hydrogen-bond acceptors (Lipinski definition) is 6. The normalized spacial score (nSPS) is 22.1. The molecule has 0 fully saturated rings. The van der Waals surface area contributed by atoms with Gasteiger partial charge in [0.2, 0.25) is 0 Å². The van der Waals surface area contributed by atoms with E-state index in [1.165, 1.54) is 71.8 Å². The van der Waals surface area contributed by atoms with E-state index in [4.69, 9.17) is 5.41 Å². The zero-order valence-corrected chi connectivity index (χ0v) is 34.5. The van der Waals surface area contributed by atoms with Crippen LogP contribution >= 0.6 is 23.6 Å². The standard InChI is InChI=1S/C21H23F3N2S.C18H17N3O6.CNS.Ru/c1-2-3-4-5-6-16-11-17(27-14-16)8-7-15-9-10-25-18(12-15)19-13-20(26-19)21(22,23)24;22-16(23)9-1-3-19-12(5-9)14-7-11(18(26)27)8-15(21-14)13-6-10(17(24)25)2-4-20-13;2-1-3;/h7-9,11-14,20H,2-6,10H2,1H3;1-3,7-9,13-14H,4-6H2,(H,22,23)(H,24,25)(H,26,27);;/q2*-2;-1;+5/b8-7+;;;. The molecule has 12 nitrogen and oxygen atoms in total. The molecule has 6 rings (SSSR count). The van der Waals surface area contributed by atoms with Gasteiger partial charge in [0.05, 0.1) is 11.5 Å². The van der Waals surface area contributed by atoms with Crippen molar-refractivity contribution in [3.05, 3.63) is 137 Å². The van der Waals surface area contributed by atoms with Crippen LogP contribution in [0.3, 0.4) is 0 Å². The number of carbonyl (C=O) groups is 3. The molecule has 0 saturated carbocycles. The van der Waals surface area contributed by atoms with Gasteiger partial charge in [-0.15, -0.1) is 36.5 Å². The summed E-state index contributed by atoms with van der Waals surface area (Å²) < 4.78 is 37.6. The average Bonchev–Trinajstić information content (AvgIpc) is 3.63. The Morgan fingerprint density at radius 2 is 1.76 bits per heavy atom. The molecule has 1 aromatic rings. The first-order valence-electron chi connectivity index (χ1n) is 18.0. The number of thiophene rings is 1. The number of hydrogen-bond donors (Lipinski definition) is 3. The van der Waals surface area contributed by atoms with Crippen molar-refractivity contribution in [1.29, 1.82) is 0 Å². The Morgan fingerprint density at radius 3 is 2.41 bits per heavy atom. The second-order valence-corrected chi connectivity index (χ2v) is 14.3. The maximum atomic E-state index is 12.5. The number of rotatable bonds is 13. The van der Waals surface area contributed by atoms with Crippen LogP contribution in [0.2, 0.25) is 0 Å². The van der Waals surface area contributed by atoms with Crippen molar-refractivity contribution in [3.8, 4) is 0 Å². The zero-order valence-electron chi connectivity index (χ0n) is 31.2. The van der Waals surface area contributed by atoms with Crippen molar-refractivity contribution >= 4 is 58.4 Å². The van der Waals surface area contributed by atoms with Gasteiger partial charge in [-0.1, -0.05) is 87.0 Å². The van der Waals surface area contributed by atoms with Crippen molar-refractivity contribution in [2.24, 2.45) is 10.9 Å². The van der Waals surface area contributed by atoms with Crippen LogP contribution in [-0.2, 0) is 40.3 Å². The third-order valence-corrected chi connectivity index (χ3v) is 9.98. The molecule has 0 spiro atoms. The number of thiocarbonyl (C=S) groups is 1. The number of unbranched alkanes of at least 4 members (excludes halogenated alkanes) is 3. The van der Waals surface area contributed by atoms with E-state index in [9.17, 15) is 42.9 Å². The zero-order chi connectivity index (χ0) is 41.5. The number of aliphatic carboxylic acids is 3. The van der Waals surface area contributed by atoms with Gasteiger partial charge in [0, 0.05) is 28.8 Å². The summed E-state index contributed by atoms with van der Waals surface area (Å²) in [7, 11) is 0. The van der Waals surface area contributed by atoms with Gasteiger partial charge in [0.25, 0.3) is 0 Å². The first kappa shape index (κ1) is 47.6. The number of alkyl halides is 3. The van der Waals surface area contributed by atoms with E-state index in [0.29, 0.717) is 29.3 Å². The smallest absolute Gasteiger partial charge is 0.753 e. The topological polar surface area (TPSA) is 203 Å². The first-order valence-corrected chi connectivity index (χ1v) is 19.3. The van der Waals surface area contributed by atoms with Gasteiger partial charge in [-0.2, -0.15) is 35.4 Å². The van der Waals surface area contributed by atoms with Gasteiger partial charge in [0.15, 0.2) is 0 Å². The predicted octanol–water partition coefficient (Wildman–Crippen LogP) is 9.79. The molecule has 1 aromatic heterocycles. The summed E-state index contributed by atoms with van der Waals surface area (Å²) in [5, 5.41) is 55.2. The molecule has 0 saturated heterocycles. The number of aryl methyl sites for hydroxylation is 1. The van der Waals surface area contributed by atoms with Crippen molar-refractivity contribution < 1.29 is 62.4 Å². The summed E-state index contributed by atoms with van der Waals surface area (Å²) >= 11 is 5.41. The number of allylic oxidation sites excluding steroid dienone is 3. The fourth-order valence-corrected chi connectivity index (χ4v) is 6.86. The Morgan fingerprint density at radius 1 is 1.02 bits per heavy atom. The van der Waals surface area contributed by atoms with Gasteiger partial charge in [-0.3, -0.25) is 9.79 Å². The summed E-state index contributed by atoms with van der Waals surface area (Å²) in [6.07, 6.45) is 18.2. The molecule has 307 valence electrons. The minimum atomic E-state index is -4.30. The quantitative estimate of drug-likeness (QED) is 0.0756. The number of aliphatic imine (C=N–C) groups is 1. The van der Waals surface area contributed by atoms with Crippen molar-refractivity contribution in [2.45, 2.75) is 76.2 Å². The summed E-state index contributed by atoms with van der Waals surface area (Å²) in [5.41, 5.74) is 4.19. The van der Waals surface area contributed by atoms with Gasteiger partial charge in [0.1, 0.15) is 0 Å². The van der Waals surface area contributed by atoms with Gasteiger partial charge >= 0.3 is 43.6 Å². The minimum Gasteiger partial charge on any atom is -0.753 e. The Labute approximate surface area is 356 Å². The molecule has 3 N–H and O–H groups in total. The largest absolute Gasteiger partial charge is 5.00 e. The van der Waals surface area contributed by atoms with Crippen LogP contribution in [0.15, 0.2) is 105 Å². The Bertz CT molecular complexity index is 1990. The molecule has 18 heteroatoms. The second kappa shape index (κ2) is 23.0. The van der Waals surface area contributed by atoms with E-state index in [0.717, 1.165) is 18.1 Å². The van der Waals surface area contributed by atoms with Crippen LogP contribution in [0.5, 0.6) is 0 Å². The molecule has 4 unspecified atom stereocenters. The van der Waals surface area contributed by atoms with E-state index in [-0.39, 0.29) is 50.0 Å². The summed E-state index contributed by atoms with van der Waals surface area (Å²) in [5.74, 6) is -3.93. The molecule has 58 heavy (non-hydrogen) atoms. The van der Waals surface area contributed by atoms with Crippen LogP contribution < -0.4 is 0 Å². The van der Waals surface area contributed by atoms with Gasteiger partial charge < -0.3 is 42.0 Å². The fraction of sp³-hybridized carbons (Fsp3) is 0.375. The van der Waals surface area contributed by atoms with Crippen LogP contribution in [0, 0.1) is 5.92 Å². The van der Waals surface area contributed by atoms with Crippen molar-refractivity contribution in [3.63, 3.8) is 0 Å². The number of nitrogens with zero attached hydrogens (tertiary/aromatic N) is 6. The predicted molar refractivity (Wildman–Crippen MR) is 218 cm³/mol. The SMILES string of the molecule is CCCCCCc1csc(/C=C/C2=CC[N-]C(C3=CC(C(F)(F)F)[N-]3)=C2)c1.O=C(O)C1=CC(C2=NC=CC(C(=O)O)C2)[N-]C(C2CC(C(=O)O)=CC[N-]2)=C1.[N-]=C=S.[Ru+5]. The van der Waals surface area contributed by atoms with Crippen LogP contribution in [0.25, 0.3) is 32.8 Å². The van der Waals surface area contributed by atoms with Crippen LogP contribution in [-0.4, -0.2) is 81.5 Å². The van der Waals surface area contributed by atoms with Crippen molar-refractivity contribution in [2.75, 3.05) is 13.1 Å². The van der Waals surface area contributed by atoms with E-state index in [2.05, 4.69) is 62.9 Å². The maximum absolute atomic E-state index is 12.5. The molecule has 0 aliphatic carbocycles. The number of carboxylic acids is 3. The molecule has 0 bridgehead atoms. The molecule has 6 heterocycles. The van der Waals surface area contributed by atoms with Crippen LogP contribution in [0.4, 0.5) is 13.2 Å². The number of isothiocyanates is 1. The number of halogens is 3. The minimum absolute atomic E-state index is 0. The molecule has 0 amide bonds. The first-order chi connectivity index (χ1) is 27.2. The second-order valence-electron chi connectivity index (χ2n) is 13.1. The summed E-state index contributed by atoms with van der Waals surface area (Å²) in [4.78, 5) is 39.3. The third kappa shape index (κ3) is 14.3. The summed E-state index contributed by atoms with van der Waals surface area (Å²) in [6.45, 7) is 2.88. The Balaban J connectivity index is 0.000000286. The van der Waals surface area contributed by atoms with Crippen molar-refractivity contribution in [1.82, 2.24) is 0 Å². The molecule has 5 aliphatic rings. The Hall–Kier alpha value is -4.73. The van der Waals surface area contributed by atoms with E-state index < -0.39 is 48.1 Å². The van der Waals surface area contributed by atoms with Gasteiger partial charge in [-0.05, 0) is 54.0 Å². The third-order valence-electron chi connectivity index (χ3n) is 9.03. The molecule has 4 atom stereocenters. The monoisotopic (exact) mass is 923 g/mol. The maximum Gasteiger partial charge on any atom is 5.00 e. The average molecular weight is 923 g/mol. The van der Waals surface area contributed by atoms with E-state index >= 15 is 0 Å². The Kier molecular flexibility index (Phi) is 18.9.